The Morgan fingerprint density at radius 1 is 1.43 bits per heavy atom. The lowest BCUT2D eigenvalue weighted by Gasteiger charge is -2.00. The molecule has 0 radical (unpaired) electrons. The van der Waals surface area contributed by atoms with Crippen LogP contribution in [0.1, 0.15) is 5.56 Å². The van der Waals surface area contributed by atoms with Gasteiger partial charge < -0.3 is 4.79 Å². The summed E-state index contributed by atoms with van der Waals surface area (Å²) in [6, 6.07) is 5.55. The zero-order chi connectivity index (χ0) is 9.80. The molecule has 70 valence electrons. The number of hydrogen-bond acceptors (Lipinski definition) is 3. The summed E-state index contributed by atoms with van der Waals surface area (Å²) in [5.41, 5.74) is 0.913. The van der Waals surface area contributed by atoms with Crippen LogP contribution in [0, 0.1) is 0 Å². The summed E-state index contributed by atoms with van der Waals surface area (Å²) < 4.78 is 1.67. The molecule has 2 heterocycles. The number of carbonyl (C=O) groups is 1. The number of pyridine rings is 1. The molecule has 14 heavy (non-hydrogen) atoms. The van der Waals surface area contributed by atoms with Crippen molar-refractivity contribution >= 4 is 6.29 Å². The maximum absolute atomic E-state index is 10.2. The van der Waals surface area contributed by atoms with Gasteiger partial charge in [-0.15, -0.1) is 0 Å². The van der Waals surface area contributed by atoms with Gasteiger partial charge in [-0.3, -0.25) is 0 Å². The Morgan fingerprint density at radius 3 is 2.93 bits per heavy atom. The second-order valence-electron chi connectivity index (χ2n) is 2.85. The molecule has 0 N–H and O–H groups in total. The van der Waals surface area contributed by atoms with Crippen molar-refractivity contribution in [3.8, 4) is 5.82 Å². The second-order valence-corrected chi connectivity index (χ2v) is 2.85. The van der Waals surface area contributed by atoms with Crippen molar-refractivity contribution in [3.63, 3.8) is 0 Å². The molecular formula is C10H9N3O. The van der Waals surface area contributed by atoms with Crippen molar-refractivity contribution in [3.05, 3.63) is 42.4 Å². The Balaban J connectivity index is 2.26. The first-order valence-corrected chi connectivity index (χ1v) is 4.29. The highest BCUT2D eigenvalue weighted by atomic mass is 16.1. The minimum atomic E-state index is 0.409. The molecule has 0 aliphatic carbocycles. The van der Waals surface area contributed by atoms with Crippen LogP contribution in [0.5, 0.6) is 0 Å². The maximum atomic E-state index is 10.2. The average molecular weight is 187 g/mol. The molecule has 0 aromatic carbocycles. The highest BCUT2D eigenvalue weighted by molar-refractivity contribution is 5.54. The van der Waals surface area contributed by atoms with Gasteiger partial charge in [-0.1, -0.05) is 6.07 Å². The van der Waals surface area contributed by atoms with E-state index in [4.69, 9.17) is 0 Å². The van der Waals surface area contributed by atoms with Crippen molar-refractivity contribution in [1.82, 2.24) is 14.8 Å². The van der Waals surface area contributed by atoms with Gasteiger partial charge in [0.05, 0.1) is 0 Å². The minimum Gasteiger partial charge on any atom is -0.303 e. The maximum Gasteiger partial charge on any atom is 0.153 e. The quantitative estimate of drug-likeness (QED) is 0.674. The summed E-state index contributed by atoms with van der Waals surface area (Å²) >= 11 is 0. The third-order valence-electron chi connectivity index (χ3n) is 1.87. The fourth-order valence-corrected chi connectivity index (χ4v) is 1.17. The van der Waals surface area contributed by atoms with Gasteiger partial charge in [0, 0.05) is 25.0 Å². The largest absolute Gasteiger partial charge is 0.303 e. The summed E-state index contributed by atoms with van der Waals surface area (Å²) in [6.07, 6.45) is 6.48. The fourth-order valence-electron chi connectivity index (χ4n) is 1.17. The molecule has 4 heteroatoms. The SMILES string of the molecule is O=CCc1ccc(-n2cccn2)nc1. The van der Waals surface area contributed by atoms with Crippen LogP contribution < -0.4 is 0 Å². The summed E-state index contributed by atoms with van der Waals surface area (Å²) in [4.78, 5) is 14.4. The van der Waals surface area contributed by atoms with Crippen LogP contribution in [0.3, 0.4) is 0 Å². The smallest absolute Gasteiger partial charge is 0.153 e. The Morgan fingerprint density at radius 2 is 2.36 bits per heavy atom. The molecular weight excluding hydrogens is 178 g/mol. The Hall–Kier alpha value is -1.97. The van der Waals surface area contributed by atoms with Crippen molar-refractivity contribution in [1.29, 1.82) is 0 Å². The third kappa shape index (κ3) is 1.69. The van der Waals surface area contributed by atoms with Gasteiger partial charge in [-0.2, -0.15) is 5.10 Å². The molecule has 0 saturated heterocycles. The molecule has 0 unspecified atom stereocenters. The molecule has 0 bridgehead atoms. The molecule has 0 saturated carbocycles. The molecule has 0 aliphatic rings. The average Bonchev–Trinajstić information content (AvgIpc) is 2.72. The van der Waals surface area contributed by atoms with Gasteiger partial charge in [0.25, 0.3) is 0 Å². The van der Waals surface area contributed by atoms with E-state index in [0.717, 1.165) is 17.7 Å². The van der Waals surface area contributed by atoms with E-state index in [1.807, 2.05) is 24.4 Å². The zero-order valence-electron chi connectivity index (χ0n) is 7.50. The van der Waals surface area contributed by atoms with Crippen molar-refractivity contribution in [2.24, 2.45) is 0 Å². The van der Waals surface area contributed by atoms with Crippen LogP contribution in [0.25, 0.3) is 5.82 Å². The van der Waals surface area contributed by atoms with Crippen LogP contribution in [-0.2, 0) is 11.2 Å². The van der Waals surface area contributed by atoms with Crippen LogP contribution in [-0.4, -0.2) is 21.1 Å². The minimum absolute atomic E-state index is 0.409. The number of nitrogens with zero attached hydrogens (tertiary/aromatic N) is 3. The second kappa shape index (κ2) is 3.83. The van der Waals surface area contributed by atoms with E-state index in [9.17, 15) is 4.79 Å². The molecule has 2 aromatic rings. The Kier molecular flexibility index (Phi) is 2.36. The molecule has 0 atom stereocenters. The number of hydrogen-bond donors (Lipinski definition) is 0. The summed E-state index contributed by atoms with van der Waals surface area (Å²) in [6.45, 7) is 0. The van der Waals surface area contributed by atoms with E-state index in [2.05, 4.69) is 10.1 Å². The third-order valence-corrected chi connectivity index (χ3v) is 1.87. The Labute approximate surface area is 81.2 Å². The van der Waals surface area contributed by atoms with Crippen LogP contribution in [0.15, 0.2) is 36.8 Å². The number of aromatic nitrogens is 3. The highest BCUT2D eigenvalue weighted by Crippen LogP contribution is 2.04. The van der Waals surface area contributed by atoms with Gasteiger partial charge in [-0.05, 0) is 17.7 Å². The lowest BCUT2D eigenvalue weighted by atomic mass is 10.2. The molecule has 0 spiro atoms. The first-order chi connectivity index (χ1) is 6.90. The first kappa shape index (κ1) is 8.62. The molecule has 4 nitrogen and oxygen atoms in total. The molecule has 0 aliphatic heterocycles. The van der Waals surface area contributed by atoms with E-state index in [-0.39, 0.29) is 0 Å². The van der Waals surface area contributed by atoms with E-state index in [0.29, 0.717) is 6.42 Å². The van der Waals surface area contributed by atoms with Crippen molar-refractivity contribution in [2.45, 2.75) is 6.42 Å². The van der Waals surface area contributed by atoms with Crippen molar-refractivity contribution in [2.75, 3.05) is 0 Å². The van der Waals surface area contributed by atoms with E-state index in [1.54, 1.807) is 17.1 Å². The molecule has 0 amide bonds. The van der Waals surface area contributed by atoms with Crippen molar-refractivity contribution < 1.29 is 4.79 Å². The van der Waals surface area contributed by atoms with E-state index in [1.165, 1.54) is 0 Å². The molecule has 2 aromatic heterocycles. The number of aldehydes is 1. The monoisotopic (exact) mass is 187 g/mol. The van der Waals surface area contributed by atoms with Crippen LogP contribution >= 0.6 is 0 Å². The van der Waals surface area contributed by atoms with Gasteiger partial charge in [0.1, 0.15) is 6.29 Å². The Bertz CT molecular complexity index is 405. The predicted octanol–water partition coefficient (Wildman–Crippen LogP) is 1.01. The van der Waals surface area contributed by atoms with Gasteiger partial charge >= 0.3 is 0 Å². The lowest BCUT2D eigenvalue weighted by Crippen LogP contribution is -1.98. The fraction of sp³-hybridized carbons (Fsp3) is 0.100. The summed E-state index contributed by atoms with van der Waals surface area (Å²) in [5, 5.41) is 4.05. The van der Waals surface area contributed by atoms with Gasteiger partial charge in [0.2, 0.25) is 0 Å². The van der Waals surface area contributed by atoms with Crippen LogP contribution in [0.2, 0.25) is 0 Å². The normalized spacial score (nSPS) is 10.0. The van der Waals surface area contributed by atoms with Gasteiger partial charge in [0.15, 0.2) is 5.82 Å². The topological polar surface area (TPSA) is 47.8 Å². The van der Waals surface area contributed by atoms with Gasteiger partial charge in [-0.25, -0.2) is 9.67 Å². The standard InChI is InChI=1S/C10H9N3O/c14-7-4-9-2-3-10(11-8-9)13-6-1-5-12-13/h1-3,5-8H,4H2. The highest BCUT2D eigenvalue weighted by Gasteiger charge is 1.97. The number of rotatable bonds is 3. The molecule has 2 rings (SSSR count). The van der Waals surface area contributed by atoms with E-state index >= 15 is 0 Å². The first-order valence-electron chi connectivity index (χ1n) is 4.29. The summed E-state index contributed by atoms with van der Waals surface area (Å²) in [7, 11) is 0. The van der Waals surface area contributed by atoms with E-state index < -0.39 is 0 Å². The summed E-state index contributed by atoms with van der Waals surface area (Å²) in [5.74, 6) is 0.754. The predicted molar refractivity (Wildman–Crippen MR) is 51.1 cm³/mol. The lowest BCUT2D eigenvalue weighted by molar-refractivity contribution is -0.107. The molecule has 0 fully saturated rings. The van der Waals surface area contributed by atoms with Crippen LogP contribution in [0.4, 0.5) is 0 Å². The number of carbonyl (C=O) groups excluding carboxylic acids is 1. The zero-order valence-corrected chi connectivity index (χ0v) is 7.50.